The monoisotopic (exact) mass is 503 g/mol. The van der Waals surface area contributed by atoms with E-state index in [1.165, 1.54) is 23.9 Å². The molecule has 0 aliphatic carbocycles. The SMILES string of the molecule is O=C(CSc1nc2cc(Oc3ccc4ccccc4c3)c(Cl)cc2[nH]1)Nc1ccc(C(=O)O)cc1. The number of nitrogens with zero attached hydrogens (tertiary/aromatic N) is 1. The second-order valence-corrected chi connectivity index (χ2v) is 9.04. The maximum atomic E-state index is 12.3. The molecule has 174 valence electrons. The molecule has 5 rings (SSSR count). The zero-order valence-electron chi connectivity index (χ0n) is 18.1. The fourth-order valence-electron chi connectivity index (χ4n) is 3.52. The summed E-state index contributed by atoms with van der Waals surface area (Å²) in [5.41, 5.74) is 2.07. The summed E-state index contributed by atoms with van der Waals surface area (Å²) in [5.74, 6) is 0.0172. The molecule has 0 saturated carbocycles. The van der Waals surface area contributed by atoms with Crippen LogP contribution >= 0.6 is 23.4 Å². The van der Waals surface area contributed by atoms with E-state index in [2.05, 4.69) is 15.3 Å². The van der Waals surface area contributed by atoms with Crippen molar-refractivity contribution >= 4 is 62.7 Å². The first kappa shape index (κ1) is 22.8. The zero-order valence-corrected chi connectivity index (χ0v) is 19.7. The minimum atomic E-state index is -1.02. The molecule has 0 spiro atoms. The molecule has 7 nitrogen and oxygen atoms in total. The molecule has 4 aromatic carbocycles. The summed E-state index contributed by atoms with van der Waals surface area (Å²) in [7, 11) is 0. The van der Waals surface area contributed by atoms with Crippen molar-refractivity contribution < 1.29 is 19.4 Å². The van der Waals surface area contributed by atoms with Crippen molar-refractivity contribution in [2.75, 3.05) is 11.1 Å². The standard InChI is InChI=1S/C26H18ClN3O4S/c27-20-12-21-22(13-23(20)34-19-10-7-15-3-1-2-4-17(15)11-19)30-26(29-21)35-14-24(31)28-18-8-5-16(6-9-18)25(32)33/h1-13H,14H2,(H,28,31)(H,29,30)(H,32,33). The Morgan fingerprint density at radius 2 is 1.77 bits per heavy atom. The molecule has 0 radical (unpaired) electrons. The lowest BCUT2D eigenvalue weighted by Gasteiger charge is -2.08. The van der Waals surface area contributed by atoms with E-state index in [0.29, 0.717) is 32.9 Å². The molecule has 0 aliphatic rings. The average Bonchev–Trinajstić information content (AvgIpc) is 3.25. The minimum absolute atomic E-state index is 0.120. The largest absolute Gasteiger partial charge is 0.478 e. The molecule has 1 aromatic heterocycles. The first-order chi connectivity index (χ1) is 16.9. The number of aromatic amines is 1. The average molecular weight is 504 g/mol. The van der Waals surface area contributed by atoms with Crippen molar-refractivity contribution in [3.8, 4) is 11.5 Å². The summed E-state index contributed by atoms with van der Waals surface area (Å²) < 4.78 is 6.03. The highest BCUT2D eigenvalue weighted by Gasteiger charge is 2.12. The van der Waals surface area contributed by atoms with Gasteiger partial charge in [-0.15, -0.1) is 0 Å². The van der Waals surface area contributed by atoms with Gasteiger partial charge in [0.2, 0.25) is 5.91 Å². The van der Waals surface area contributed by atoms with E-state index in [-0.39, 0.29) is 17.2 Å². The van der Waals surface area contributed by atoms with E-state index < -0.39 is 5.97 Å². The number of aromatic carboxylic acids is 1. The van der Waals surface area contributed by atoms with Crippen LogP contribution in [0.1, 0.15) is 10.4 Å². The Kier molecular flexibility index (Phi) is 6.31. The smallest absolute Gasteiger partial charge is 0.335 e. The number of carboxylic acids is 1. The third-order valence-electron chi connectivity index (χ3n) is 5.22. The van der Waals surface area contributed by atoms with E-state index in [1.807, 2.05) is 42.5 Å². The van der Waals surface area contributed by atoms with Crippen molar-refractivity contribution in [1.82, 2.24) is 9.97 Å². The van der Waals surface area contributed by atoms with Gasteiger partial charge in [0.05, 0.1) is 27.4 Å². The number of carbonyl (C=O) groups is 2. The Hall–Kier alpha value is -4.01. The van der Waals surface area contributed by atoms with Gasteiger partial charge in [0.25, 0.3) is 0 Å². The van der Waals surface area contributed by atoms with Crippen LogP contribution in [0.3, 0.4) is 0 Å². The summed E-state index contributed by atoms with van der Waals surface area (Å²) in [5, 5.41) is 14.9. The Labute approximate surface area is 209 Å². The Morgan fingerprint density at radius 1 is 1.00 bits per heavy atom. The molecule has 35 heavy (non-hydrogen) atoms. The second kappa shape index (κ2) is 9.69. The second-order valence-electron chi connectivity index (χ2n) is 7.67. The summed E-state index contributed by atoms with van der Waals surface area (Å²) >= 11 is 7.69. The van der Waals surface area contributed by atoms with E-state index in [9.17, 15) is 9.59 Å². The predicted molar refractivity (Wildman–Crippen MR) is 138 cm³/mol. The van der Waals surface area contributed by atoms with Crippen molar-refractivity contribution in [3.05, 3.63) is 89.4 Å². The van der Waals surface area contributed by atoms with Crippen LogP contribution in [0.5, 0.6) is 11.5 Å². The van der Waals surface area contributed by atoms with E-state index in [1.54, 1.807) is 24.3 Å². The number of rotatable bonds is 7. The van der Waals surface area contributed by atoms with Gasteiger partial charge in [-0.3, -0.25) is 4.79 Å². The number of fused-ring (bicyclic) bond motifs is 2. The topological polar surface area (TPSA) is 104 Å². The van der Waals surface area contributed by atoms with Crippen molar-refractivity contribution in [2.45, 2.75) is 5.16 Å². The molecule has 1 heterocycles. The maximum absolute atomic E-state index is 12.3. The van der Waals surface area contributed by atoms with Gasteiger partial charge in [-0.2, -0.15) is 0 Å². The summed E-state index contributed by atoms with van der Waals surface area (Å²) in [4.78, 5) is 30.9. The fourth-order valence-corrected chi connectivity index (χ4v) is 4.41. The Morgan fingerprint density at radius 3 is 2.54 bits per heavy atom. The number of carbonyl (C=O) groups excluding carboxylic acids is 1. The maximum Gasteiger partial charge on any atom is 0.335 e. The van der Waals surface area contributed by atoms with Crippen LogP contribution in [0.4, 0.5) is 5.69 Å². The number of carboxylic acid groups (broad SMARTS) is 1. The minimum Gasteiger partial charge on any atom is -0.478 e. The van der Waals surface area contributed by atoms with Gasteiger partial charge < -0.3 is 20.1 Å². The molecular weight excluding hydrogens is 486 g/mol. The summed E-state index contributed by atoms with van der Waals surface area (Å²) in [6.45, 7) is 0. The van der Waals surface area contributed by atoms with Crippen LogP contribution in [-0.2, 0) is 4.79 Å². The number of anilines is 1. The molecule has 0 unspecified atom stereocenters. The molecule has 0 aliphatic heterocycles. The van der Waals surface area contributed by atoms with Gasteiger partial charge in [0.1, 0.15) is 11.5 Å². The van der Waals surface area contributed by atoms with Gasteiger partial charge in [-0.05, 0) is 53.2 Å². The first-order valence-corrected chi connectivity index (χ1v) is 11.9. The number of hydrogen-bond donors (Lipinski definition) is 3. The van der Waals surface area contributed by atoms with Gasteiger partial charge >= 0.3 is 5.97 Å². The molecule has 3 N–H and O–H groups in total. The number of halogens is 1. The molecule has 9 heteroatoms. The number of benzene rings is 4. The van der Waals surface area contributed by atoms with Crippen LogP contribution in [0.2, 0.25) is 5.02 Å². The van der Waals surface area contributed by atoms with Gasteiger partial charge in [-0.25, -0.2) is 9.78 Å². The summed E-state index contributed by atoms with van der Waals surface area (Å²) in [6, 6.07) is 23.3. The highest BCUT2D eigenvalue weighted by Crippen LogP contribution is 2.34. The van der Waals surface area contributed by atoms with Gasteiger partial charge in [-0.1, -0.05) is 53.7 Å². The molecular formula is C26H18ClN3O4S. The third-order valence-corrected chi connectivity index (χ3v) is 6.39. The lowest BCUT2D eigenvalue weighted by atomic mass is 10.1. The number of ether oxygens (including phenoxy) is 1. The normalized spacial score (nSPS) is 11.0. The van der Waals surface area contributed by atoms with Gasteiger partial charge in [0, 0.05) is 11.8 Å². The predicted octanol–water partition coefficient (Wildman–Crippen LogP) is 6.59. The van der Waals surface area contributed by atoms with E-state index in [4.69, 9.17) is 21.4 Å². The molecule has 1 amide bonds. The van der Waals surface area contributed by atoms with Crippen molar-refractivity contribution in [3.63, 3.8) is 0 Å². The molecule has 0 fully saturated rings. The number of H-pyrrole nitrogens is 1. The Balaban J connectivity index is 1.26. The summed E-state index contributed by atoms with van der Waals surface area (Å²) in [6.07, 6.45) is 0. The highest BCUT2D eigenvalue weighted by molar-refractivity contribution is 7.99. The van der Waals surface area contributed by atoms with Crippen LogP contribution < -0.4 is 10.1 Å². The fraction of sp³-hybridized carbons (Fsp3) is 0.0385. The molecule has 0 bridgehead atoms. The first-order valence-electron chi connectivity index (χ1n) is 10.6. The number of aromatic nitrogens is 2. The van der Waals surface area contributed by atoms with Crippen LogP contribution in [0.15, 0.2) is 84.0 Å². The number of imidazole rings is 1. The van der Waals surface area contributed by atoms with E-state index >= 15 is 0 Å². The number of thioether (sulfide) groups is 1. The lowest BCUT2D eigenvalue weighted by molar-refractivity contribution is -0.113. The van der Waals surface area contributed by atoms with Crippen LogP contribution in [-0.4, -0.2) is 32.7 Å². The third kappa shape index (κ3) is 5.24. The number of hydrogen-bond acceptors (Lipinski definition) is 5. The van der Waals surface area contributed by atoms with Crippen molar-refractivity contribution in [2.24, 2.45) is 0 Å². The van der Waals surface area contributed by atoms with Crippen LogP contribution in [0, 0.1) is 0 Å². The highest BCUT2D eigenvalue weighted by atomic mass is 35.5. The number of amides is 1. The molecule has 0 saturated heterocycles. The van der Waals surface area contributed by atoms with Crippen LogP contribution in [0.25, 0.3) is 21.8 Å². The number of nitrogens with one attached hydrogen (secondary N) is 2. The molecule has 5 aromatic rings. The Bertz CT molecular complexity index is 1570. The molecule has 0 atom stereocenters. The van der Waals surface area contributed by atoms with Gasteiger partial charge in [0.15, 0.2) is 5.16 Å². The lowest BCUT2D eigenvalue weighted by Crippen LogP contribution is -2.14. The zero-order chi connectivity index (χ0) is 24.4. The van der Waals surface area contributed by atoms with Crippen molar-refractivity contribution in [1.29, 1.82) is 0 Å². The van der Waals surface area contributed by atoms with E-state index in [0.717, 1.165) is 16.3 Å². The quantitative estimate of drug-likeness (QED) is 0.216.